The number of ether oxygens (including phenoxy) is 3. The fraction of sp³-hybridized carbons (Fsp3) is 0.708. The molecule has 0 aromatic heterocycles. The number of carbonyl (C=O) groups excluding carboxylic acids is 3. The molecule has 1 N–H and O–H groups in total. The topological polar surface area (TPSA) is 99.1 Å². The van der Waals surface area contributed by atoms with Crippen LogP contribution in [0.5, 0.6) is 0 Å². The van der Waals surface area contributed by atoms with E-state index in [4.69, 9.17) is 14.2 Å². The van der Waals surface area contributed by atoms with Gasteiger partial charge in [0.25, 0.3) is 0 Å². The van der Waals surface area contributed by atoms with Gasteiger partial charge in [0.1, 0.15) is 18.0 Å². The Labute approximate surface area is 182 Å². The highest BCUT2D eigenvalue weighted by molar-refractivity contribution is 5.88. The molecule has 0 saturated heterocycles. The Bertz CT molecular complexity index is 900. The zero-order valence-corrected chi connectivity index (χ0v) is 19.1. The predicted molar refractivity (Wildman–Crippen MR) is 110 cm³/mol. The average Bonchev–Trinajstić information content (AvgIpc) is 3.02. The minimum absolute atomic E-state index is 0.0491. The standard InChI is InChI=1S/C24H32O7/c1-12-15-7-8-24(28)22(4,5)11-19(29-13(2)25)21(30-14(3)26)23(24,6)17(15)10-18-16(12)9-20(27)31-18/h9-10,12,15,17,19,21,28H,7-8,11H2,1-6H3/t12-,15-,17-,19-,21-,23-,24+/m0/s1. The molecule has 2 fully saturated rings. The van der Waals surface area contributed by atoms with E-state index in [0.717, 1.165) is 12.0 Å². The number of allylic oxidation sites excluding steroid dienone is 2. The van der Waals surface area contributed by atoms with Crippen LogP contribution in [0.4, 0.5) is 0 Å². The third-order valence-corrected chi connectivity index (χ3v) is 8.49. The molecular weight excluding hydrogens is 400 g/mol. The highest BCUT2D eigenvalue weighted by Crippen LogP contribution is 2.67. The van der Waals surface area contributed by atoms with E-state index in [9.17, 15) is 19.5 Å². The highest BCUT2D eigenvalue weighted by atomic mass is 16.6. The summed E-state index contributed by atoms with van der Waals surface area (Å²) >= 11 is 0. The molecule has 2 saturated carbocycles. The van der Waals surface area contributed by atoms with Crippen molar-refractivity contribution in [1.82, 2.24) is 0 Å². The molecule has 4 rings (SSSR count). The van der Waals surface area contributed by atoms with Crippen molar-refractivity contribution in [2.45, 2.75) is 78.6 Å². The van der Waals surface area contributed by atoms with E-state index in [1.54, 1.807) is 6.08 Å². The molecular formula is C24H32O7. The summed E-state index contributed by atoms with van der Waals surface area (Å²) in [5.74, 6) is -0.862. The van der Waals surface area contributed by atoms with E-state index in [0.29, 0.717) is 18.6 Å². The van der Waals surface area contributed by atoms with Gasteiger partial charge in [-0.3, -0.25) is 9.59 Å². The lowest BCUT2D eigenvalue weighted by atomic mass is 9.40. The lowest BCUT2D eigenvalue weighted by molar-refractivity contribution is -0.297. The van der Waals surface area contributed by atoms with Gasteiger partial charge in [-0.05, 0) is 48.5 Å². The number of rotatable bonds is 2. The first-order valence-electron chi connectivity index (χ1n) is 11.0. The summed E-state index contributed by atoms with van der Waals surface area (Å²) in [6.45, 7) is 10.6. The molecule has 3 aliphatic carbocycles. The fourth-order valence-electron chi connectivity index (χ4n) is 7.03. The molecule has 7 heteroatoms. The molecule has 4 aliphatic rings. The second-order valence-electron chi connectivity index (χ2n) is 10.5. The second kappa shape index (κ2) is 6.92. The third kappa shape index (κ3) is 2.99. The average molecular weight is 433 g/mol. The number of hydrogen-bond donors (Lipinski definition) is 1. The van der Waals surface area contributed by atoms with E-state index in [2.05, 4.69) is 6.92 Å². The van der Waals surface area contributed by atoms with Crippen LogP contribution in [-0.2, 0) is 28.6 Å². The van der Waals surface area contributed by atoms with Crippen molar-refractivity contribution >= 4 is 17.9 Å². The zero-order valence-electron chi connectivity index (χ0n) is 19.1. The van der Waals surface area contributed by atoms with Crippen molar-refractivity contribution in [3.05, 3.63) is 23.5 Å². The molecule has 31 heavy (non-hydrogen) atoms. The summed E-state index contributed by atoms with van der Waals surface area (Å²) in [4.78, 5) is 36.0. The van der Waals surface area contributed by atoms with Crippen LogP contribution in [0.25, 0.3) is 0 Å². The molecule has 7 atom stereocenters. The Hall–Kier alpha value is -2.15. The van der Waals surface area contributed by atoms with Gasteiger partial charge in [-0.15, -0.1) is 0 Å². The highest BCUT2D eigenvalue weighted by Gasteiger charge is 2.72. The monoisotopic (exact) mass is 432 g/mol. The van der Waals surface area contributed by atoms with Crippen LogP contribution in [0.1, 0.15) is 60.8 Å². The van der Waals surface area contributed by atoms with E-state index in [1.807, 2.05) is 26.8 Å². The molecule has 0 unspecified atom stereocenters. The van der Waals surface area contributed by atoms with Gasteiger partial charge in [0, 0.05) is 30.9 Å². The first-order chi connectivity index (χ1) is 14.3. The molecule has 1 aliphatic heterocycles. The van der Waals surface area contributed by atoms with E-state index < -0.39 is 40.6 Å². The quantitative estimate of drug-likeness (QED) is 0.529. The summed E-state index contributed by atoms with van der Waals surface area (Å²) in [5, 5.41) is 12.2. The molecule has 0 bridgehead atoms. The summed E-state index contributed by atoms with van der Waals surface area (Å²) in [5.41, 5.74) is -1.85. The number of carbonyl (C=O) groups is 3. The van der Waals surface area contributed by atoms with Crippen LogP contribution >= 0.6 is 0 Å². The van der Waals surface area contributed by atoms with Crippen molar-refractivity contribution < 1.29 is 33.7 Å². The second-order valence-corrected chi connectivity index (χ2v) is 10.5. The van der Waals surface area contributed by atoms with Crippen LogP contribution < -0.4 is 0 Å². The predicted octanol–water partition coefficient (Wildman–Crippen LogP) is 3.06. The van der Waals surface area contributed by atoms with Gasteiger partial charge >= 0.3 is 17.9 Å². The van der Waals surface area contributed by atoms with Crippen molar-refractivity contribution in [2.75, 3.05) is 0 Å². The number of aliphatic hydroxyl groups is 1. The summed E-state index contributed by atoms with van der Waals surface area (Å²) in [7, 11) is 0. The largest absolute Gasteiger partial charge is 0.459 e. The van der Waals surface area contributed by atoms with E-state index in [1.165, 1.54) is 13.8 Å². The minimum atomic E-state index is -1.18. The molecule has 0 amide bonds. The van der Waals surface area contributed by atoms with E-state index >= 15 is 0 Å². The van der Waals surface area contributed by atoms with Gasteiger partial charge in [0.05, 0.1) is 5.60 Å². The molecule has 1 heterocycles. The summed E-state index contributed by atoms with van der Waals surface area (Å²) in [6, 6.07) is 0. The lowest BCUT2D eigenvalue weighted by Gasteiger charge is -2.67. The van der Waals surface area contributed by atoms with Gasteiger partial charge in [0.2, 0.25) is 0 Å². The van der Waals surface area contributed by atoms with E-state index in [-0.39, 0.29) is 23.7 Å². The van der Waals surface area contributed by atoms with Crippen LogP contribution in [0.3, 0.4) is 0 Å². The van der Waals surface area contributed by atoms with Gasteiger partial charge in [-0.2, -0.15) is 0 Å². The minimum Gasteiger partial charge on any atom is -0.459 e. The fourth-order valence-corrected chi connectivity index (χ4v) is 7.03. The molecule has 170 valence electrons. The Morgan fingerprint density at radius 2 is 1.81 bits per heavy atom. The van der Waals surface area contributed by atoms with Gasteiger partial charge < -0.3 is 19.3 Å². The van der Waals surface area contributed by atoms with Crippen molar-refractivity contribution in [2.24, 2.45) is 28.6 Å². The maximum absolute atomic E-state index is 12.2. The third-order valence-electron chi connectivity index (χ3n) is 8.49. The van der Waals surface area contributed by atoms with Gasteiger partial charge in [0.15, 0.2) is 0 Å². The molecule has 0 aromatic rings. The molecule has 0 aromatic carbocycles. The van der Waals surface area contributed by atoms with Crippen LogP contribution in [-0.4, -0.2) is 40.8 Å². The van der Waals surface area contributed by atoms with Crippen molar-refractivity contribution in [3.63, 3.8) is 0 Å². The first-order valence-corrected chi connectivity index (χ1v) is 11.0. The molecule has 0 spiro atoms. The normalized spacial score (nSPS) is 42.8. The zero-order chi connectivity index (χ0) is 22.9. The van der Waals surface area contributed by atoms with Crippen molar-refractivity contribution in [1.29, 1.82) is 0 Å². The smallest absolute Gasteiger partial charge is 0.336 e. The van der Waals surface area contributed by atoms with Gasteiger partial charge in [-0.1, -0.05) is 27.7 Å². The maximum Gasteiger partial charge on any atom is 0.336 e. The van der Waals surface area contributed by atoms with Gasteiger partial charge in [-0.25, -0.2) is 4.79 Å². The first kappa shape index (κ1) is 22.1. The number of fused-ring (bicyclic) bond motifs is 4. The number of hydrogen-bond acceptors (Lipinski definition) is 7. The Morgan fingerprint density at radius 3 is 2.42 bits per heavy atom. The summed E-state index contributed by atoms with van der Waals surface area (Å²) in [6.07, 6.45) is 3.63. The SMILES string of the molecule is CC(=O)O[C@H]1CC(C)(C)[C@]2(O)CC[C@H]3[C@H](C)C4=CC(=O)OC4=C[C@@H]3[C@@]2(C)[C@H]1OC(C)=O. The lowest BCUT2D eigenvalue weighted by Crippen LogP contribution is -2.74. The van der Waals surface area contributed by atoms with Crippen LogP contribution in [0.15, 0.2) is 23.5 Å². The Kier molecular flexibility index (Phi) is 4.93. The molecule has 0 radical (unpaired) electrons. The Morgan fingerprint density at radius 1 is 1.16 bits per heavy atom. The van der Waals surface area contributed by atoms with Crippen LogP contribution in [0.2, 0.25) is 0 Å². The van der Waals surface area contributed by atoms with Crippen molar-refractivity contribution in [3.8, 4) is 0 Å². The number of esters is 3. The molecule has 7 nitrogen and oxygen atoms in total. The Balaban J connectivity index is 1.90. The van der Waals surface area contributed by atoms with Crippen LogP contribution in [0, 0.1) is 28.6 Å². The summed E-state index contributed by atoms with van der Waals surface area (Å²) < 4.78 is 16.9. The maximum atomic E-state index is 12.2.